The average Bonchev–Trinajstić information content (AvgIpc) is 2.34. The molecule has 0 spiro atoms. The fourth-order valence-corrected chi connectivity index (χ4v) is 1.87. The van der Waals surface area contributed by atoms with Crippen molar-refractivity contribution < 1.29 is 28.2 Å². The molecule has 1 atom stereocenters. The van der Waals surface area contributed by atoms with Gasteiger partial charge in [0.2, 0.25) is 5.79 Å². The normalized spacial score (nSPS) is 29.1. The lowest BCUT2D eigenvalue weighted by atomic mass is 9.75. The Morgan fingerprint density at radius 1 is 1.58 bits per heavy atom. The van der Waals surface area contributed by atoms with Crippen LogP contribution in [0.5, 0.6) is 0 Å². The molecule has 0 saturated carbocycles. The van der Waals surface area contributed by atoms with E-state index in [2.05, 4.69) is 11.3 Å². The summed E-state index contributed by atoms with van der Waals surface area (Å²) in [6, 6.07) is 0. The van der Waals surface area contributed by atoms with Crippen molar-refractivity contribution in [2.45, 2.75) is 32.0 Å². The Kier molecular flexibility index (Phi) is 4.17. The molecule has 0 aromatic heterocycles. The third kappa shape index (κ3) is 2.42. The van der Waals surface area contributed by atoms with Gasteiger partial charge in [0.25, 0.3) is 0 Å². The van der Waals surface area contributed by atoms with Crippen LogP contribution in [-0.2, 0) is 14.3 Å². The lowest BCUT2D eigenvalue weighted by Crippen LogP contribution is -2.62. The van der Waals surface area contributed by atoms with Gasteiger partial charge in [-0.2, -0.15) is 8.78 Å². The molecule has 4 nitrogen and oxygen atoms in total. The van der Waals surface area contributed by atoms with Crippen molar-refractivity contribution in [3.8, 4) is 0 Å². The first-order valence-corrected chi connectivity index (χ1v) is 5.79. The Morgan fingerprint density at radius 3 is 2.63 bits per heavy atom. The summed E-state index contributed by atoms with van der Waals surface area (Å²) in [5.74, 6) is -7.35. The van der Waals surface area contributed by atoms with Gasteiger partial charge in [-0.15, -0.1) is 6.58 Å². The van der Waals surface area contributed by atoms with E-state index in [9.17, 15) is 18.7 Å². The topological polar surface area (TPSA) is 55.8 Å². The molecule has 0 aromatic carbocycles. The van der Waals surface area contributed by atoms with Gasteiger partial charge in [-0.1, -0.05) is 19.9 Å². The maximum atomic E-state index is 14.4. The molecule has 108 valence electrons. The summed E-state index contributed by atoms with van der Waals surface area (Å²) < 4.78 is 38.1. The molecule has 1 N–H and O–H groups in total. The number of esters is 1. The molecule has 1 saturated heterocycles. The van der Waals surface area contributed by atoms with Crippen LogP contribution < -0.4 is 0 Å². The Morgan fingerprint density at radius 2 is 2.16 bits per heavy atom. The summed E-state index contributed by atoms with van der Waals surface area (Å²) >= 11 is 0. The van der Waals surface area contributed by atoms with Crippen LogP contribution in [0.1, 0.15) is 20.3 Å². The number of methoxy groups -OCH3 is 1. The first kappa shape index (κ1) is 15.8. The van der Waals surface area contributed by atoms with Crippen LogP contribution in [0.4, 0.5) is 8.78 Å². The standard InChI is InChI=1S/C13H18F2O4/c1-5-11(2,3)13(17)12(14,15)9(6-7-19-13)8-10(16)18-4/h5,8,17H,1,6-7H2,2-4H3/b9-8-. The molecule has 1 aliphatic rings. The number of alkyl halides is 2. The second kappa shape index (κ2) is 5.02. The quantitative estimate of drug-likeness (QED) is 0.487. The van der Waals surface area contributed by atoms with E-state index in [0.717, 1.165) is 7.11 Å². The highest BCUT2D eigenvalue weighted by atomic mass is 19.3. The van der Waals surface area contributed by atoms with Gasteiger partial charge in [0.1, 0.15) is 0 Å². The SMILES string of the molecule is C=CC(C)(C)C1(O)OCC/C(=C/C(=O)OC)C1(F)F. The molecular formula is C13H18F2O4. The van der Waals surface area contributed by atoms with E-state index in [4.69, 9.17) is 4.74 Å². The van der Waals surface area contributed by atoms with E-state index in [-0.39, 0.29) is 13.0 Å². The number of carbonyl (C=O) groups is 1. The fraction of sp³-hybridized carbons (Fsp3) is 0.615. The average molecular weight is 276 g/mol. The molecular weight excluding hydrogens is 258 g/mol. The highest BCUT2D eigenvalue weighted by Crippen LogP contribution is 2.51. The monoisotopic (exact) mass is 276 g/mol. The van der Waals surface area contributed by atoms with Gasteiger partial charge in [0.05, 0.1) is 13.7 Å². The summed E-state index contributed by atoms with van der Waals surface area (Å²) in [6.45, 7) is 6.09. The fourth-order valence-electron chi connectivity index (χ4n) is 1.87. The first-order chi connectivity index (χ1) is 8.62. The zero-order chi connectivity index (χ0) is 14.9. The number of rotatable bonds is 3. The second-order valence-corrected chi connectivity index (χ2v) is 4.94. The largest absolute Gasteiger partial charge is 0.466 e. The van der Waals surface area contributed by atoms with Gasteiger partial charge >= 0.3 is 11.9 Å². The molecule has 1 unspecified atom stereocenters. The summed E-state index contributed by atoms with van der Waals surface area (Å²) in [7, 11) is 1.09. The summed E-state index contributed by atoms with van der Waals surface area (Å²) in [5, 5.41) is 10.2. The van der Waals surface area contributed by atoms with Gasteiger partial charge in [-0.05, 0) is 6.42 Å². The minimum absolute atomic E-state index is 0.119. The lowest BCUT2D eigenvalue weighted by Gasteiger charge is -2.48. The van der Waals surface area contributed by atoms with Crippen molar-refractivity contribution in [3.63, 3.8) is 0 Å². The van der Waals surface area contributed by atoms with Crippen LogP contribution in [-0.4, -0.2) is 36.5 Å². The number of halogens is 2. The van der Waals surface area contributed by atoms with Gasteiger partial charge < -0.3 is 14.6 Å². The van der Waals surface area contributed by atoms with Crippen molar-refractivity contribution in [2.24, 2.45) is 5.41 Å². The van der Waals surface area contributed by atoms with E-state index >= 15 is 0 Å². The predicted molar refractivity (Wildman–Crippen MR) is 64.5 cm³/mol. The number of carbonyl (C=O) groups excluding carboxylic acids is 1. The highest BCUT2D eigenvalue weighted by molar-refractivity contribution is 5.83. The van der Waals surface area contributed by atoms with Crippen molar-refractivity contribution in [2.75, 3.05) is 13.7 Å². The molecule has 0 amide bonds. The number of hydrogen-bond acceptors (Lipinski definition) is 4. The number of hydrogen-bond donors (Lipinski definition) is 1. The highest BCUT2D eigenvalue weighted by Gasteiger charge is 2.65. The van der Waals surface area contributed by atoms with Crippen molar-refractivity contribution >= 4 is 5.97 Å². The van der Waals surface area contributed by atoms with Gasteiger partial charge in [0.15, 0.2) is 0 Å². The van der Waals surface area contributed by atoms with Crippen LogP contribution in [0.3, 0.4) is 0 Å². The van der Waals surface area contributed by atoms with Gasteiger partial charge in [-0.25, -0.2) is 4.79 Å². The first-order valence-electron chi connectivity index (χ1n) is 5.79. The van der Waals surface area contributed by atoms with E-state index in [1.165, 1.54) is 19.9 Å². The summed E-state index contributed by atoms with van der Waals surface area (Å²) in [6.07, 6.45) is 1.74. The Bertz CT molecular complexity index is 415. The van der Waals surface area contributed by atoms with Crippen LogP contribution in [0.15, 0.2) is 24.3 Å². The summed E-state index contributed by atoms with van der Waals surface area (Å²) in [4.78, 5) is 11.1. The number of aliphatic hydroxyl groups is 1. The molecule has 0 radical (unpaired) electrons. The van der Waals surface area contributed by atoms with Crippen molar-refractivity contribution in [1.29, 1.82) is 0 Å². The van der Waals surface area contributed by atoms with Crippen LogP contribution in [0.2, 0.25) is 0 Å². The van der Waals surface area contributed by atoms with Crippen molar-refractivity contribution in [1.82, 2.24) is 0 Å². The molecule has 1 rings (SSSR count). The van der Waals surface area contributed by atoms with Crippen LogP contribution in [0, 0.1) is 5.41 Å². The molecule has 6 heteroatoms. The Balaban J connectivity index is 3.28. The van der Waals surface area contributed by atoms with Crippen LogP contribution >= 0.6 is 0 Å². The zero-order valence-electron chi connectivity index (χ0n) is 11.2. The minimum Gasteiger partial charge on any atom is -0.466 e. The zero-order valence-corrected chi connectivity index (χ0v) is 11.2. The van der Waals surface area contributed by atoms with Gasteiger partial charge in [0, 0.05) is 17.1 Å². The third-order valence-electron chi connectivity index (χ3n) is 3.39. The Hall–Kier alpha value is -1.27. The minimum atomic E-state index is -3.71. The molecule has 1 aliphatic heterocycles. The Labute approximate surface area is 110 Å². The molecule has 0 aromatic rings. The maximum Gasteiger partial charge on any atom is 0.330 e. The van der Waals surface area contributed by atoms with E-state index in [0.29, 0.717) is 6.08 Å². The van der Waals surface area contributed by atoms with Crippen LogP contribution in [0.25, 0.3) is 0 Å². The molecule has 0 bridgehead atoms. The van der Waals surface area contributed by atoms with E-state index < -0.39 is 28.7 Å². The smallest absolute Gasteiger partial charge is 0.330 e. The second-order valence-electron chi connectivity index (χ2n) is 4.94. The molecule has 0 aliphatic carbocycles. The predicted octanol–water partition coefficient (Wildman–Crippen LogP) is 2.04. The molecule has 1 heterocycles. The molecule has 1 fully saturated rings. The summed E-state index contributed by atoms with van der Waals surface area (Å²) in [5.41, 5.74) is -1.91. The third-order valence-corrected chi connectivity index (χ3v) is 3.39. The maximum absolute atomic E-state index is 14.4. The van der Waals surface area contributed by atoms with E-state index in [1.54, 1.807) is 0 Å². The van der Waals surface area contributed by atoms with Crippen molar-refractivity contribution in [3.05, 3.63) is 24.3 Å². The lowest BCUT2D eigenvalue weighted by molar-refractivity contribution is -0.354. The van der Waals surface area contributed by atoms with E-state index in [1.807, 2.05) is 0 Å². The van der Waals surface area contributed by atoms with Gasteiger partial charge in [-0.3, -0.25) is 0 Å². The number of ether oxygens (including phenoxy) is 2. The molecule has 19 heavy (non-hydrogen) atoms.